The average molecular weight is 614 g/mol. The van der Waals surface area contributed by atoms with Crippen molar-refractivity contribution in [3.8, 4) is 11.5 Å². The highest BCUT2D eigenvalue weighted by Gasteiger charge is 2.32. The van der Waals surface area contributed by atoms with Crippen molar-refractivity contribution < 1.29 is 22.7 Å². The number of nitrogens with one attached hydrogen (secondary N) is 1. The molecule has 0 saturated carbocycles. The molecule has 4 aromatic carbocycles. The third-order valence-electron chi connectivity index (χ3n) is 7.32. The number of benzene rings is 4. The van der Waals surface area contributed by atoms with Gasteiger partial charge < -0.3 is 15.0 Å². The van der Waals surface area contributed by atoms with Crippen molar-refractivity contribution in [2.75, 3.05) is 10.8 Å². The van der Waals surface area contributed by atoms with Crippen LogP contribution in [0.15, 0.2) is 114 Å². The summed E-state index contributed by atoms with van der Waals surface area (Å²) in [6.45, 7) is 7.11. The smallest absolute Gasteiger partial charge is 0.264 e. The number of rotatable bonds is 13. The van der Waals surface area contributed by atoms with E-state index in [1.807, 2.05) is 75.4 Å². The molecule has 0 fully saturated rings. The first-order chi connectivity index (χ1) is 21.1. The van der Waals surface area contributed by atoms with E-state index in [0.29, 0.717) is 11.5 Å². The maximum atomic E-state index is 14.1. The van der Waals surface area contributed by atoms with Gasteiger partial charge in [0.2, 0.25) is 11.8 Å². The first kappa shape index (κ1) is 32.3. The number of aryl methyl sites for hydroxylation is 1. The van der Waals surface area contributed by atoms with Crippen LogP contribution in [-0.4, -0.2) is 43.8 Å². The lowest BCUT2D eigenvalue weighted by atomic mass is 10.1. The fraction of sp³-hybridized carbons (Fsp3) is 0.257. The van der Waals surface area contributed by atoms with Crippen molar-refractivity contribution in [1.29, 1.82) is 0 Å². The Kier molecular flexibility index (Phi) is 10.8. The van der Waals surface area contributed by atoms with Crippen molar-refractivity contribution in [2.24, 2.45) is 0 Å². The summed E-state index contributed by atoms with van der Waals surface area (Å²) in [6.07, 6.45) is 0.733. The maximum Gasteiger partial charge on any atom is 0.264 e. The largest absolute Gasteiger partial charge is 0.457 e. The Bertz CT molecular complexity index is 1650. The third kappa shape index (κ3) is 8.26. The Morgan fingerprint density at radius 3 is 2.05 bits per heavy atom. The molecule has 0 bridgehead atoms. The van der Waals surface area contributed by atoms with Crippen molar-refractivity contribution in [1.82, 2.24) is 10.2 Å². The minimum atomic E-state index is -4.16. The second-order valence-corrected chi connectivity index (χ2v) is 12.6. The molecule has 9 heteroatoms. The van der Waals surface area contributed by atoms with Crippen LogP contribution in [0.4, 0.5) is 5.69 Å². The number of hydrogen-bond acceptors (Lipinski definition) is 5. The van der Waals surface area contributed by atoms with E-state index in [9.17, 15) is 18.0 Å². The van der Waals surface area contributed by atoms with Crippen LogP contribution >= 0.6 is 0 Å². The summed E-state index contributed by atoms with van der Waals surface area (Å²) in [6, 6.07) is 30.5. The van der Waals surface area contributed by atoms with Crippen molar-refractivity contribution >= 4 is 27.5 Å². The summed E-state index contributed by atoms with van der Waals surface area (Å²) in [5.41, 5.74) is 2.13. The van der Waals surface area contributed by atoms with E-state index in [-0.39, 0.29) is 29.1 Å². The summed E-state index contributed by atoms with van der Waals surface area (Å²) in [7, 11) is -4.16. The second-order valence-electron chi connectivity index (χ2n) is 10.7. The Morgan fingerprint density at radius 2 is 1.43 bits per heavy atom. The number of carbonyl (C=O) groups is 2. The van der Waals surface area contributed by atoms with Gasteiger partial charge in [-0.15, -0.1) is 0 Å². The van der Waals surface area contributed by atoms with Crippen molar-refractivity contribution in [2.45, 2.75) is 57.6 Å². The Hall–Kier alpha value is -4.63. The molecule has 230 valence electrons. The summed E-state index contributed by atoms with van der Waals surface area (Å²) in [5, 5.41) is 2.95. The highest BCUT2D eigenvalue weighted by Crippen LogP contribution is 2.28. The highest BCUT2D eigenvalue weighted by molar-refractivity contribution is 7.92. The zero-order valence-corrected chi connectivity index (χ0v) is 26.3. The van der Waals surface area contributed by atoms with Crippen LogP contribution < -0.4 is 14.4 Å². The Balaban J connectivity index is 1.69. The molecule has 0 aromatic heterocycles. The number of para-hydroxylation sites is 1. The minimum absolute atomic E-state index is 0.0465. The second kappa shape index (κ2) is 14.7. The summed E-state index contributed by atoms with van der Waals surface area (Å²) >= 11 is 0. The van der Waals surface area contributed by atoms with Crippen molar-refractivity contribution in [3.05, 3.63) is 120 Å². The predicted molar refractivity (Wildman–Crippen MR) is 173 cm³/mol. The molecule has 8 nitrogen and oxygen atoms in total. The zero-order valence-electron chi connectivity index (χ0n) is 25.5. The molecule has 2 atom stereocenters. The van der Waals surface area contributed by atoms with Crippen LogP contribution in [0.1, 0.15) is 38.3 Å². The molecule has 44 heavy (non-hydrogen) atoms. The number of ether oxygens (including phenoxy) is 1. The molecule has 0 spiro atoms. The van der Waals surface area contributed by atoms with Gasteiger partial charge in [-0.2, -0.15) is 0 Å². The monoisotopic (exact) mass is 613 g/mol. The molecule has 2 amide bonds. The molecule has 0 heterocycles. The van der Waals surface area contributed by atoms with E-state index in [0.717, 1.165) is 21.9 Å². The number of hydrogen-bond donors (Lipinski definition) is 1. The summed E-state index contributed by atoms with van der Waals surface area (Å²) in [4.78, 5) is 28.8. The molecule has 4 rings (SSSR count). The quantitative estimate of drug-likeness (QED) is 0.191. The van der Waals surface area contributed by atoms with Gasteiger partial charge in [-0.25, -0.2) is 8.42 Å². The first-order valence-electron chi connectivity index (χ1n) is 14.6. The van der Waals surface area contributed by atoms with Crippen LogP contribution in [0, 0.1) is 6.92 Å². The van der Waals surface area contributed by atoms with Gasteiger partial charge in [0.05, 0.1) is 10.6 Å². The lowest BCUT2D eigenvalue weighted by molar-refractivity contribution is -0.139. The highest BCUT2D eigenvalue weighted by atomic mass is 32.2. The zero-order chi connectivity index (χ0) is 31.7. The van der Waals surface area contributed by atoms with E-state index in [1.54, 1.807) is 49.4 Å². The molecule has 0 aliphatic heterocycles. The lowest BCUT2D eigenvalue weighted by Gasteiger charge is -2.32. The van der Waals surface area contributed by atoms with E-state index < -0.39 is 28.5 Å². The molecule has 1 N–H and O–H groups in total. The SMILES string of the molecule is CC[C@@H](C)NC(=O)[C@H](C)N(Cc1cccc(C)c1)C(=O)CN(c1ccc(Oc2ccccc2)cc1)S(=O)(=O)c1ccccc1. The number of nitrogens with zero attached hydrogens (tertiary/aromatic N) is 2. The molecule has 4 aromatic rings. The van der Waals surface area contributed by atoms with E-state index in [1.165, 1.54) is 17.0 Å². The van der Waals surface area contributed by atoms with Gasteiger partial charge in [0.1, 0.15) is 24.1 Å². The number of sulfonamides is 1. The number of carbonyl (C=O) groups excluding carboxylic acids is 2. The number of anilines is 1. The molecule has 0 unspecified atom stereocenters. The first-order valence-corrected chi connectivity index (χ1v) is 16.1. The van der Waals surface area contributed by atoms with Gasteiger partial charge >= 0.3 is 0 Å². The summed E-state index contributed by atoms with van der Waals surface area (Å²) in [5.74, 6) is 0.336. The van der Waals surface area contributed by atoms with Crippen LogP contribution in [0.2, 0.25) is 0 Å². The topological polar surface area (TPSA) is 96.0 Å². The predicted octanol–water partition coefficient (Wildman–Crippen LogP) is 6.31. The maximum absolute atomic E-state index is 14.1. The van der Waals surface area contributed by atoms with Gasteiger partial charge in [-0.3, -0.25) is 13.9 Å². The van der Waals surface area contributed by atoms with Gasteiger partial charge in [0.25, 0.3) is 10.0 Å². The third-order valence-corrected chi connectivity index (χ3v) is 9.11. The van der Waals surface area contributed by atoms with Gasteiger partial charge in [-0.1, -0.05) is 73.2 Å². The normalized spacial score (nSPS) is 12.5. The van der Waals surface area contributed by atoms with Crippen LogP contribution in [-0.2, 0) is 26.2 Å². The average Bonchev–Trinajstić information content (AvgIpc) is 3.03. The standard InChI is InChI=1S/C35H39N3O5S/c1-5-27(3)36-35(40)28(4)37(24-29-14-12-13-26(2)23-29)34(39)25-38(44(41,42)33-17-10-7-11-18-33)30-19-21-32(22-20-30)43-31-15-8-6-9-16-31/h6-23,27-28H,5,24-25H2,1-4H3,(H,36,40)/t27-,28+/m1/s1. The minimum Gasteiger partial charge on any atom is -0.457 e. The van der Waals surface area contributed by atoms with E-state index >= 15 is 0 Å². The molecule has 0 radical (unpaired) electrons. The van der Waals surface area contributed by atoms with Gasteiger partial charge in [0, 0.05) is 12.6 Å². The molecule has 0 aliphatic rings. The van der Waals surface area contributed by atoms with Gasteiger partial charge in [0.15, 0.2) is 0 Å². The molecular formula is C35H39N3O5S. The van der Waals surface area contributed by atoms with E-state index in [2.05, 4.69) is 5.32 Å². The summed E-state index contributed by atoms with van der Waals surface area (Å²) < 4.78 is 35.0. The fourth-order valence-corrected chi connectivity index (χ4v) is 6.04. The molecule has 0 aliphatic carbocycles. The lowest BCUT2D eigenvalue weighted by Crippen LogP contribution is -2.52. The fourth-order valence-electron chi connectivity index (χ4n) is 4.61. The Labute approximate surface area is 260 Å². The van der Waals surface area contributed by atoms with E-state index in [4.69, 9.17) is 4.74 Å². The Morgan fingerprint density at radius 1 is 0.818 bits per heavy atom. The van der Waals surface area contributed by atoms with Gasteiger partial charge in [-0.05, 0) is 81.3 Å². The molecular weight excluding hydrogens is 574 g/mol. The van der Waals surface area contributed by atoms with Crippen LogP contribution in [0.25, 0.3) is 0 Å². The van der Waals surface area contributed by atoms with Crippen LogP contribution in [0.3, 0.4) is 0 Å². The number of amides is 2. The molecule has 0 saturated heterocycles. The van der Waals surface area contributed by atoms with Crippen LogP contribution in [0.5, 0.6) is 11.5 Å². The van der Waals surface area contributed by atoms with Crippen molar-refractivity contribution in [3.63, 3.8) is 0 Å².